The molecule has 138 valence electrons. The molecule has 1 heterocycles. The Morgan fingerprint density at radius 3 is 2.60 bits per heavy atom. The number of fused-ring (bicyclic) bond motifs is 1. The van der Waals surface area contributed by atoms with Crippen LogP contribution in [0.3, 0.4) is 0 Å². The molecule has 2 N–H and O–H groups in total. The Labute approximate surface area is 148 Å². The van der Waals surface area contributed by atoms with Crippen molar-refractivity contribution in [2.24, 2.45) is 5.92 Å². The predicted octanol–water partition coefficient (Wildman–Crippen LogP) is 1.63. The largest absolute Gasteiger partial charge is 0.480 e. The number of amides is 1. The molecule has 0 saturated carbocycles. The molecule has 0 aromatic heterocycles. The van der Waals surface area contributed by atoms with Crippen molar-refractivity contribution in [3.05, 3.63) is 29.3 Å². The van der Waals surface area contributed by atoms with Crippen molar-refractivity contribution < 1.29 is 23.1 Å². The van der Waals surface area contributed by atoms with Gasteiger partial charge in [0.05, 0.1) is 11.9 Å². The molecule has 25 heavy (non-hydrogen) atoms. The van der Waals surface area contributed by atoms with Gasteiger partial charge < -0.3 is 10.4 Å². The third kappa shape index (κ3) is 4.31. The van der Waals surface area contributed by atoms with E-state index in [9.17, 15) is 23.1 Å². The number of aliphatic carboxylic acids is 1. The van der Waals surface area contributed by atoms with Gasteiger partial charge >= 0.3 is 5.97 Å². The molecule has 1 aliphatic rings. The van der Waals surface area contributed by atoms with Gasteiger partial charge in [-0.05, 0) is 42.5 Å². The molecule has 0 unspecified atom stereocenters. The Hall–Kier alpha value is -2.09. The van der Waals surface area contributed by atoms with E-state index in [2.05, 4.69) is 5.32 Å². The minimum Gasteiger partial charge on any atom is -0.480 e. The van der Waals surface area contributed by atoms with Gasteiger partial charge in [-0.2, -0.15) is 0 Å². The summed E-state index contributed by atoms with van der Waals surface area (Å²) in [5.41, 5.74) is 1.70. The van der Waals surface area contributed by atoms with E-state index in [0.717, 1.165) is 11.8 Å². The smallest absolute Gasteiger partial charge is 0.326 e. The van der Waals surface area contributed by atoms with E-state index in [-0.39, 0.29) is 5.92 Å². The lowest BCUT2D eigenvalue weighted by molar-refractivity contribution is -0.140. The van der Waals surface area contributed by atoms with Gasteiger partial charge in [0.1, 0.15) is 6.04 Å². The van der Waals surface area contributed by atoms with Crippen LogP contribution in [0, 0.1) is 5.92 Å². The summed E-state index contributed by atoms with van der Waals surface area (Å²) in [6.45, 7) is 4.06. The zero-order chi connectivity index (χ0) is 18.8. The van der Waals surface area contributed by atoms with Crippen molar-refractivity contribution in [3.63, 3.8) is 0 Å². The molecule has 8 heteroatoms. The molecule has 0 aliphatic carbocycles. The summed E-state index contributed by atoms with van der Waals surface area (Å²) < 4.78 is 25.1. The van der Waals surface area contributed by atoms with E-state index in [0.29, 0.717) is 37.1 Å². The Balaban J connectivity index is 2.27. The van der Waals surface area contributed by atoms with E-state index in [1.165, 1.54) is 10.4 Å². The van der Waals surface area contributed by atoms with Crippen LogP contribution in [0.1, 0.15) is 42.6 Å². The molecule has 1 amide bonds. The minimum absolute atomic E-state index is 0.195. The lowest BCUT2D eigenvalue weighted by Gasteiger charge is -2.29. The van der Waals surface area contributed by atoms with Crippen LogP contribution < -0.4 is 9.62 Å². The summed E-state index contributed by atoms with van der Waals surface area (Å²) in [5.74, 6) is -1.73. The number of hydrogen-bond donors (Lipinski definition) is 2. The molecular weight excluding hydrogens is 344 g/mol. The van der Waals surface area contributed by atoms with Crippen molar-refractivity contribution in [2.75, 3.05) is 17.1 Å². The molecular formula is C17H24N2O5S. The number of aryl methyl sites for hydroxylation is 1. The predicted molar refractivity (Wildman–Crippen MR) is 95.3 cm³/mol. The lowest BCUT2D eigenvalue weighted by atomic mass is 9.97. The summed E-state index contributed by atoms with van der Waals surface area (Å²) in [7, 11) is -3.36. The molecule has 2 atom stereocenters. The summed E-state index contributed by atoms with van der Waals surface area (Å²) >= 11 is 0. The minimum atomic E-state index is -3.36. The Morgan fingerprint density at radius 2 is 2.04 bits per heavy atom. The second-order valence-corrected chi connectivity index (χ2v) is 8.36. The average molecular weight is 368 g/mol. The first-order valence-corrected chi connectivity index (χ1v) is 10.1. The van der Waals surface area contributed by atoms with Crippen LogP contribution in [0.2, 0.25) is 0 Å². The fraction of sp³-hybridized carbons (Fsp3) is 0.529. The first kappa shape index (κ1) is 19.2. The van der Waals surface area contributed by atoms with E-state index < -0.39 is 27.9 Å². The van der Waals surface area contributed by atoms with Crippen molar-refractivity contribution in [2.45, 2.75) is 39.2 Å². The van der Waals surface area contributed by atoms with Gasteiger partial charge in [-0.15, -0.1) is 0 Å². The SMILES string of the molecule is CC[C@H](C)[C@@H](NC(=O)c1ccc2c(c1)CCCN2S(C)(=O)=O)C(=O)O. The number of nitrogens with one attached hydrogen (secondary N) is 1. The third-order valence-electron chi connectivity index (χ3n) is 4.58. The fourth-order valence-corrected chi connectivity index (χ4v) is 3.95. The summed E-state index contributed by atoms with van der Waals surface area (Å²) in [6, 6.07) is 3.84. The summed E-state index contributed by atoms with van der Waals surface area (Å²) in [5, 5.41) is 11.9. The second-order valence-electron chi connectivity index (χ2n) is 6.46. The maximum Gasteiger partial charge on any atom is 0.326 e. The van der Waals surface area contributed by atoms with Gasteiger partial charge in [0, 0.05) is 12.1 Å². The summed E-state index contributed by atoms with van der Waals surface area (Å²) in [6.07, 6.45) is 3.14. The van der Waals surface area contributed by atoms with Gasteiger partial charge in [-0.25, -0.2) is 13.2 Å². The molecule has 0 spiro atoms. The Bertz CT molecular complexity index is 775. The molecule has 7 nitrogen and oxygen atoms in total. The number of carbonyl (C=O) groups excluding carboxylic acids is 1. The molecule has 1 aromatic carbocycles. The molecule has 0 saturated heterocycles. The highest BCUT2D eigenvalue weighted by atomic mass is 32.2. The number of nitrogens with zero attached hydrogens (tertiary/aromatic N) is 1. The fourth-order valence-electron chi connectivity index (χ4n) is 2.96. The number of carboxylic acid groups (broad SMARTS) is 1. The average Bonchev–Trinajstić information content (AvgIpc) is 2.56. The van der Waals surface area contributed by atoms with Crippen molar-refractivity contribution in [1.29, 1.82) is 0 Å². The highest BCUT2D eigenvalue weighted by molar-refractivity contribution is 7.92. The third-order valence-corrected chi connectivity index (χ3v) is 5.76. The second kappa shape index (κ2) is 7.43. The van der Waals surface area contributed by atoms with Crippen LogP contribution in [0.25, 0.3) is 0 Å². The first-order valence-electron chi connectivity index (χ1n) is 8.29. The van der Waals surface area contributed by atoms with Crippen LogP contribution in [0.5, 0.6) is 0 Å². The normalized spacial score (nSPS) is 16.7. The van der Waals surface area contributed by atoms with Gasteiger partial charge in [0.2, 0.25) is 10.0 Å². The number of benzene rings is 1. The van der Waals surface area contributed by atoms with Crippen molar-refractivity contribution in [3.8, 4) is 0 Å². The Kier molecular flexibility index (Phi) is 5.72. The molecule has 0 fully saturated rings. The molecule has 2 rings (SSSR count). The number of hydrogen-bond acceptors (Lipinski definition) is 4. The zero-order valence-corrected chi connectivity index (χ0v) is 15.5. The molecule has 1 aromatic rings. The van der Waals surface area contributed by atoms with E-state index in [4.69, 9.17) is 0 Å². The maximum absolute atomic E-state index is 12.4. The van der Waals surface area contributed by atoms with Crippen molar-refractivity contribution >= 4 is 27.6 Å². The van der Waals surface area contributed by atoms with Crippen LogP contribution in [-0.4, -0.2) is 44.2 Å². The van der Waals surface area contributed by atoms with Crippen LogP contribution in [0.4, 0.5) is 5.69 Å². The summed E-state index contributed by atoms with van der Waals surface area (Å²) in [4.78, 5) is 23.8. The highest BCUT2D eigenvalue weighted by Crippen LogP contribution is 2.30. The monoisotopic (exact) mass is 368 g/mol. The quantitative estimate of drug-likeness (QED) is 0.794. The van der Waals surface area contributed by atoms with E-state index in [1.807, 2.05) is 6.92 Å². The molecule has 0 bridgehead atoms. The molecule has 0 radical (unpaired) electrons. The van der Waals surface area contributed by atoms with Gasteiger partial charge in [0.15, 0.2) is 0 Å². The lowest BCUT2D eigenvalue weighted by Crippen LogP contribution is -2.45. The van der Waals surface area contributed by atoms with Gasteiger partial charge in [-0.3, -0.25) is 9.10 Å². The highest BCUT2D eigenvalue weighted by Gasteiger charge is 2.28. The number of carboxylic acids is 1. The van der Waals surface area contributed by atoms with Crippen molar-refractivity contribution in [1.82, 2.24) is 5.32 Å². The van der Waals surface area contributed by atoms with Crippen LogP contribution in [0.15, 0.2) is 18.2 Å². The maximum atomic E-state index is 12.4. The first-order chi connectivity index (χ1) is 11.6. The van der Waals surface area contributed by atoms with Gasteiger partial charge in [-0.1, -0.05) is 20.3 Å². The van der Waals surface area contributed by atoms with Crippen LogP contribution in [-0.2, 0) is 21.2 Å². The van der Waals surface area contributed by atoms with Gasteiger partial charge in [0.25, 0.3) is 5.91 Å². The van der Waals surface area contributed by atoms with Crippen LogP contribution >= 0.6 is 0 Å². The number of sulfonamides is 1. The number of anilines is 1. The standard InChI is InChI=1S/C17H24N2O5S/c1-4-11(2)15(17(21)22)18-16(20)13-7-8-14-12(10-13)6-5-9-19(14)25(3,23)24/h7-8,10-11,15H,4-6,9H2,1-3H3,(H,18,20)(H,21,22)/t11-,15+/m0/s1. The molecule has 1 aliphatic heterocycles. The van der Waals surface area contributed by atoms with E-state index >= 15 is 0 Å². The zero-order valence-electron chi connectivity index (χ0n) is 14.7. The Morgan fingerprint density at radius 1 is 1.36 bits per heavy atom. The van der Waals surface area contributed by atoms with E-state index in [1.54, 1.807) is 19.1 Å². The number of carbonyl (C=O) groups is 2. The topological polar surface area (TPSA) is 104 Å². The number of rotatable bonds is 6.